The monoisotopic (exact) mass is 507 g/mol. The van der Waals surface area contributed by atoms with Crippen LogP contribution in [0.3, 0.4) is 0 Å². The second kappa shape index (κ2) is 9.06. The van der Waals surface area contributed by atoms with Crippen molar-refractivity contribution < 1.29 is 23.7 Å². The molecule has 1 amide bonds. The third-order valence-electron chi connectivity index (χ3n) is 7.07. The highest BCUT2D eigenvalue weighted by atomic mass is 32.1. The zero-order valence-electron chi connectivity index (χ0n) is 20.7. The van der Waals surface area contributed by atoms with Gasteiger partial charge in [-0.3, -0.25) is 4.79 Å². The van der Waals surface area contributed by atoms with E-state index in [1.54, 1.807) is 18.4 Å². The van der Waals surface area contributed by atoms with E-state index in [0.29, 0.717) is 38.7 Å². The van der Waals surface area contributed by atoms with Crippen molar-refractivity contribution in [2.45, 2.75) is 32.4 Å². The van der Waals surface area contributed by atoms with Crippen LogP contribution in [0.1, 0.15) is 41.9 Å². The quantitative estimate of drug-likeness (QED) is 0.516. The van der Waals surface area contributed by atoms with E-state index in [1.807, 2.05) is 46.3 Å². The largest absolute Gasteiger partial charge is 0.496 e. The van der Waals surface area contributed by atoms with Gasteiger partial charge in [0.2, 0.25) is 0 Å². The number of benzene rings is 1. The van der Waals surface area contributed by atoms with Gasteiger partial charge in [-0.05, 0) is 43.4 Å². The van der Waals surface area contributed by atoms with E-state index in [9.17, 15) is 4.79 Å². The molecule has 3 aliphatic rings. The molecule has 1 fully saturated rings. The molecule has 36 heavy (non-hydrogen) atoms. The lowest BCUT2D eigenvalue weighted by Crippen LogP contribution is -2.55. The maximum atomic E-state index is 13.9. The predicted molar refractivity (Wildman–Crippen MR) is 137 cm³/mol. The molecule has 9 heteroatoms. The number of nitrogens with zero attached hydrogens (tertiary/aromatic N) is 3. The second-order valence-corrected chi connectivity index (χ2v) is 10.6. The fourth-order valence-electron chi connectivity index (χ4n) is 5.17. The minimum atomic E-state index is -0.419. The van der Waals surface area contributed by atoms with Crippen molar-refractivity contribution in [3.8, 4) is 28.4 Å². The van der Waals surface area contributed by atoms with E-state index in [-0.39, 0.29) is 12.5 Å². The molecule has 2 aromatic heterocycles. The first-order valence-corrected chi connectivity index (χ1v) is 13.1. The Kier molecular flexibility index (Phi) is 5.86. The molecule has 5 heterocycles. The van der Waals surface area contributed by atoms with Gasteiger partial charge in [-0.2, -0.15) is 16.4 Å². The fraction of sp³-hybridized carbons (Fsp3) is 0.407. The number of rotatable bonds is 4. The Bertz CT molecular complexity index is 1340. The summed E-state index contributed by atoms with van der Waals surface area (Å²) >= 11 is 1.60. The van der Waals surface area contributed by atoms with Gasteiger partial charge in [0, 0.05) is 34.7 Å². The summed E-state index contributed by atoms with van der Waals surface area (Å²) < 4.78 is 25.0. The highest BCUT2D eigenvalue weighted by Gasteiger charge is 2.39. The first-order chi connectivity index (χ1) is 17.5. The average molecular weight is 508 g/mol. The van der Waals surface area contributed by atoms with E-state index >= 15 is 0 Å². The smallest absolute Gasteiger partial charge is 0.275 e. The predicted octanol–water partition coefficient (Wildman–Crippen LogP) is 4.56. The van der Waals surface area contributed by atoms with Gasteiger partial charge in [-0.15, -0.1) is 0 Å². The van der Waals surface area contributed by atoms with Gasteiger partial charge in [0.1, 0.15) is 18.1 Å². The molecule has 0 bridgehead atoms. The van der Waals surface area contributed by atoms with Crippen LogP contribution in [0.2, 0.25) is 0 Å². The number of fused-ring (bicyclic) bond motifs is 3. The zero-order chi connectivity index (χ0) is 24.9. The molecule has 188 valence electrons. The van der Waals surface area contributed by atoms with Crippen molar-refractivity contribution >= 4 is 22.8 Å². The standard InChI is InChI=1S/C27H29N3O5S/c1-27(2)16-34-10-7-29(27)26(31)24-21-14-35-23-13-22(32-3)19(17-4-8-33-9-5-17)12-20(23)25(21)30(28-24)18-6-11-36-15-18/h4,6,11-13,15H,5,7-10,14,16H2,1-3H3. The number of morpholine rings is 1. The first-order valence-electron chi connectivity index (χ1n) is 12.1. The van der Waals surface area contributed by atoms with Gasteiger partial charge in [-0.25, -0.2) is 4.68 Å². The van der Waals surface area contributed by atoms with Gasteiger partial charge in [0.05, 0.1) is 50.5 Å². The number of hydrogen-bond donors (Lipinski definition) is 0. The maximum Gasteiger partial charge on any atom is 0.275 e. The van der Waals surface area contributed by atoms with E-state index in [1.165, 1.54) is 5.57 Å². The Labute approximate surface area is 214 Å². The summed E-state index contributed by atoms with van der Waals surface area (Å²) in [5, 5.41) is 8.96. The van der Waals surface area contributed by atoms with Crippen molar-refractivity contribution in [2.75, 3.05) is 40.1 Å². The number of hydrogen-bond acceptors (Lipinski definition) is 7. The highest BCUT2D eigenvalue weighted by Crippen LogP contribution is 2.46. The second-order valence-electron chi connectivity index (χ2n) is 9.78. The lowest BCUT2D eigenvalue weighted by Gasteiger charge is -2.41. The molecule has 1 saturated heterocycles. The van der Waals surface area contributed by atoms with Crippen LogP contribution in [0.25, 0.3) is 22.5 Å². The van der Waals surface area contributed by atoms with Crippen molar-refractivity contribution in [1.29, 1.82) is 0 Å². The van der Waals surface area contributed by atoms with Gasteiger partial charge < -0.3 is 23.8 Å². The summed E-state index contributed by atoms with van der Waals surface area (Å²) in [6.45, 7) is 7.11. The Morgan fingerprint density at radius 1 is 1.19 bits per heavy atom. The van der Waals surface area contributed by atoms with Crippen LogP contribution in [0.4, 0.5) is 0 Å². The van der Waals surface area contributed by atoms with Crippen molar-refractivity contribution in [3.05, 3.63) is 51.9 Å². The molecular weight excluding hydrogens is 478 g/mol. The molecule has 0 aliphatic carbocycles. The van der Waals surface area contributed by atoms with E-state index in [2.05, 4.69) is 12.1 Å². The third kappa shape index (κ3) is 3.82. The van der Waals surface area contributed by atoms with Crippen molar-refractivity contribution in [1.82, 2.24) is 14.7 Å². The summed E-state index contributed by atoms with van der Waals surface area (Å²) in [6.07, 6.45) is 2.91. The number of ether oxygens (including phenoxy) is 4. The van der Waals surface area contributed by atoms with Crippen LogP contribution < -0.4 is 9.47 Å². The molecule has 3 aromatic rings. The average Bonchev–Trinajstić information content (AvgIpc) is 3.56. The Hall–Kier alpha value is -3.14. The SMILES string of the molecule is COc1cc2c(cc1C1=CCOCC1)-c1c(c(C(=O)N3CCOCC3(C)C)nn1-c1ccsc1)CO2. The van der Waals surface area contributed by atoms with Crippen molar-refractivity contribution in [3.63, 3.8) is 0 Å². The molecule has 0 N–H and O–H groups in total. The summed E-state index contributed by atoms with van der Waals surface area (Å²) in [4.78, 5) is 15.8. The minimum absolute atomic E-state index is 0.0959. The number of carbonyl (C=O) groups excluding carboxylic acids is 1. The van der Waals surface area contributed by atoms with E-state index in [4.69, 9.17) is 24.0 Å². The fourth-order valence-corrected chi connectivity index (χ4v) is 5.78. The van der Waals surface area contributed by atoms with E-state index in [0.717, 1.165) is 46.0 Å². The Morgan fingerprint density at radius 3 is 2.81 bits per heavy atom. The molecule has 8 nitrogen and oxygen atoms in total. The Morgan fingerprint density at radius 2 is 2.08 bits per heavy atom. The number of aromatic nitrogens is 2. The zero-order valence-corrected chi connectivity index (χ0v) is 21.5. The van der Waals surface area contributed by atoms with E-state index < -0.39 is 5.54 Å². The summed E-state index contributed by atoms with van der Waals surface area (Å²) in [6, 6.07) is 6.08. The molecule has 6 rings (SSSR count). The molecule has 0 atom stereocenters. The number of amides is 1. The van der Waals surface area contributed by atoms with Crippen LogP contribution in [-0.2, 0) is 16.1 Å². The molecule has 0 radical (unpaired) electrons. The van der Waals surface area contributed by atoms with Crippen molar-refractivity contribution in [2.24, 2.45) is 0 Å². The normalized spacial score (nSPS) is 18.6. The summed E-state index contributed by atoms with van der Waals surface area (Å²) in [5.41, 5.74) is 5.72. The molecule has 0 saturated carbocycles. The van der Waals surface area contributed by atoms with Gasteiger partial charge in [0.25, 0.3) is 5.91 Å². The summed E-state index contributed by atoms with van der Waals surface area (Å²) in [7, 11) is 1.68. The minimum Gasteiger partial charge on any atom is -0.496 e. The lowest BCUT2D eigenvalue weighted by molar-refractivity contribution is -0.0374. The molecule has 0 spiro atoms. The molecular formula is C27H29N3O5S. The van der Waals surface area contributed by atoms with Crippen LogP contribution in [0, 0.1) is 0 Å². The number of carbonyl (C=O) groups is 1. The van der Waals surface area contributed by atoms with Crippen LogP contribution in [0.5, 0.6) is 11.5 Å². The van der Waals surface area contributed by atoms with Crippen LogP contribution in [-0.4, -0.2) is 66.2 Å². The Balaban J connectivity index is 1.53. The first kappa shape index (κ1) is 23.3. The maximum absolute atomic E-state index is 13.9. The van der Waals surface area contributed by atoms with Crippen LogP contribution >= 0.6 is 11.3 Å². The van der Waals surface area contributed by atoms with Gasteiger partial charge >= 0.3 is 0 Å². The van der Waals surface area contributed by atoms with Gasteiger partial charge in [0.15, 0.2) is 5.69 Å². The molecule has 3 aliphatic heterocycles. The third-order valence-corrected chi connectivity index (χ3v) is 7.74. The number of thiophene rings is 1. The van der Waals surface area contributed by atoms with Crippen LogP contribution in [0.15, 0.2) is 35.0 Å². The summed E-state index contributed by atoms with van der Waals surface area (Å²) in [5.74, 6) is 1.39. The molecule has 1 aromatic carbocycles. The topological polar surface area (TPSA) is 75.0 Å². The van der Waals surface area contributed by atoms with Gasteiger partial charge in [-0.1, -0.05) is 6.08 Å². The lowest BCUT2D eigenvalue weighted by atomic mass is 9.93. The number of methoxy groups -OCH3 is 1. The molecule has 0 unspecified atom stereocenters. The highest BCUT2D eigenvalue weighted by molar-refractivity contribution is 7.08.